The Morgan fingerprint density at radius 3 is 2.50 bits per heavy atom. The number of hydrogen-bond acceptors (Lipinski definition) is 5. The van der Waals surface area contributed by atoms with Crippen LogP contribution in [0.5, 0.6) is 17.2 Å². The van der Waals surface area contributed by atoms with Gasteiger partial charge in [0.05, 0.1) is 14.2 Å². The van der Waals surface area contributed by atoms with Gasteiger partial charge in [0.1, 0.15) is 29.4 Å². The van der Waals surface area contributed by atoms with Crippen molar-refractivity contribution in [2.75, 3.05) is 27.1 Å². The molecule has 0 aliphatic carbocycles. The number of benzene rings is 2. The molecule has 2 aromatic rings. The Morgan fingerprint density at radius 2 is 1.88 bits per heavy atom. The van der Waals surface area contributed by atoms with Gasteiger partial charge >= 0.3 is 0 Å². The second-order valence-electron chi connectivity index (χ2n) is 5.26. The lowest BCUT2D eigenvalue weighted by atomic mass is 9.97. The molecule has 0 amide bonds. The molecule has 24 heavy (non-hydrogen) atoms. The summed E-state index contributed by atoms with van der Waals surface area (Å²) in [5.41, 5.74) is 2.01. The fourth-order valence-corrected chi connectivity index (χ4v) is 2.98. The Kier molecular flexibility index (Phi) is 4.81. The summed E-state index contributed by atoms with van der Waals surface area (Å²) in [6, 6.07) is 11.4. The number of rotatable bonds is 4. The van der Waals surface area contributed by atoms with Gasteiger partial charge in [-0.15, -0.1) is 11.8 Å². The van der Waals surface area contributed by atoms with Gasteiger partial charge in [-0.05, 0) is 30.0 Å². The Morgan fingerprint density at radius 1 is 1.12 bits per heavy atom. The Balaban J connectivity index is 1.98. The third-order valence-electron chi connectivity index (χ3n) is 3.85. The summed E-state index contributed by atoms with van der Waals surface area (Å²) in [5.74, 6) is 1.46. The van der Waals surface area contributed by atoms with Gasteiger partial charge in [-0.1, -0.05) is 12.1 Å². The van der Waals surface area contributed by atoms with Crippen molar-refractivity contribution in [1.29, 1.82) is 0 Å². The first-order chi connectivity index (χ1) is 11.7. The van der Waals surface area contributed by atoms with E-state index < -0.39 is 0 Å². The zero-order chi connectivity index (χ0) is 17.1. The van der Waals surface area contributed by atoms with Crippen molar-refractivity contribution in [3.8, 4) is 17.2 Å². The molecular weight excluding hydrogens is 324 g/mol. The maximum Gasteiger partial charge on any atom is 0.199 e. The van der Waals surface area contributed by atoms with Crippen LogP contribution in [0.3, 0.4) is 0 Å². The second-order valence-corrected chi connectivity index (χ2v) is 6.14. The first-order valence-corrected chi connectivity index (χ1v) is 8.67. The molecule has 0 spiro atoms. The average Bonchev–Trinajstić information content (AvgIpc) is 2.63. The first-order valence-electron chi connectivity index (χ1n) is 7.44. The van der Waals surface area contributed by atoms with Crippen LogP contribution in [-0.2, 0) is 0 Å². The predicted molar refractivity (Wildman–Crippen MR) is 95.6 cm³/mol. The molecule has 0 saturated carbocycles. The molecule has 1 heterocycles. The van der Waals surface area contributed by atoms with Gasteiger partial charge in [0.2, 0.25) is 0 Å². The van der Waals surface area contributed by atoms with Crippen molar-refractivity contribution < 1.29 is 19.0 Å². The molecular formula is C19H18O4S. The van der Waals surface area contributed by atoms with Crippen molar-refractivity contribution >= 4 is 23.6 Å². The number of carbonyl (C=O) groups excluding carboxylic acids is 1. The number of carbonyl (C=O) groups is 1. The first kappa shape index (κ1) is 16.5. The second kappa shape index (κ2) is 7.01. The number of thioether (sulfide) groups is 1. The third kappa shape index (κ3) is 3.12. The molecule has 0 bridgehead atoms. The van der Waals surface area contributed by atoms with Gasteiger partial charge in [0.15, 0.2) is 5.78 Å². The van der Waals surface area contributed by atoms with Gasteiger partial charge < -0.3 is 14.2 Å². The van der Waals surface area contributed by atoms with Gasteiger partial charge in [-0.3, -0.25) is 4.79 Å². The van der Waals surface area contributed by atoms with E-state index in [0.29, 0.717) is 28.4 Å². The van der Waals surface area contributed by atoms with E-state index in [2.05, 4.69) is 0 Å². The molecule has 0 atom stereocenters. The summed E-state index contributed by atoms with van der Waals surface area (Å²) in [6.07, 6.45) is 3.89. The van der Waals surface area contributed by atoms with Crippen LogP contribution in [0.15, 0.2) is 46.9 Å². The number of hydrogen-bond donors (Lipinski definition) is 0. The minimum Gasteiger partial charge on any atom is -0.496 e. The SMILES string of the molecule is COc1cc(OC)c2c(c1)OC/C(=C\c1ccc(SC)cc1)C2=O. The van der Waals surface area contributed by atoms with E-state index in [1.807, 2.05) is 36.6 Å². The zero-order valence-electron chi connectivity index (χ0n) is 13.8. The van der Waals surface area contributed by atoms with Crippen molar-refractivity contribution in [2.24, 2.45) is 0 Å². The van der Waals surface area contributed by atoms with Crippen LogP contribution in [0.2, 0.25) is 0 Å². The highest BCUT2D eigenvalue weighted by atomic mass is 32.2. The molecule has 0 unspecified atom stereocenters. The zero-order valence-corrected chi connectivity index (χ0v) is 14.6. The fraction of sp³-hybridized carbons (Fsp3) is 0.211. The van der Waals surface area contributed by atoms with E-state index in [4.69, 9.17) is 14.2 Å². The number of ether oxygens (including phenoxy) is 3. The fourth-order valence-electron chi connectivity index (χ4n) is 2.57. The number of methoxy groups -OCH3 is 2. The molecule has 3 rings (SSSR count). The Bertz CT molecular complexity index is 777. The van der Waals surface area contributed by atoms with Crippen molar-refractivity contribution in [1.82, 2.24) is 0 Å². The number of fused-ring (bicyclic) bond motifs is 1. The Hall–Kier alpha value is -2.40. The standard InChI is InChI=1S/C19H18O4S/c1-21-14-9-16(22-2)18-17(10-14)23-11-13(19(18)20)8-12-4-6-15(24-3)7-5-12/h4-10H,11H2,1-3H3/b13-8+. The van der Waals surface area contributed by atoms with Crippen LogP contribution in [0.25, 0.3) is 6.08 Å². The van der Waals surface area contributed by atoms with Gasteiger partial charge in [-0.25, -0.2) is 0 Å². The van der Waals surface area contributed by atoms with E-state index in [1.165, 1.54) is 12.0 Å². The van der Waals surface area contributed by atoms with Gasteiger partial charge in [-0.2, -0.15) is 0 Å². The van der Waals surface area contributed by atoms with Crippen molar-refractivity contribution in [3.05, 3.63) is 53.1 Å². The highest BCUT2D eigenvalue weighted by Crippen LogP contribution is 2.38. The summed E-state index contributed by atoms with van der Waals surface area (Å²) < 4.78 is 16.3. The summed E-state index contributed by atoms with van der Waals surface area (Å²) in [6.45, 7) is 0.229. The summed E-state index contributed by atoms with van der Waals surface area (Å²) in [7, 11) is 3.09. The largest absolute Gasteiger partial charge is 0.496 e. The molecule has 1 aliphatic rings. The van der Waals surface area contributed by atoms with E-state index in [9.17, 15) is 4.79 Å². The van der Waals surface area contributed by atoms with Crippen molar-refractivity contribution in [3.63, 3.8) is 0 Å². The topological polar surface area (TPSA) is 44.8 Å². The Labute approximate surface area is 145 Å². The minimum atomic E-state index is -0.0790. The molecule has 4 nitrogen and oxygen atoms in total. The van der Waals surface area contributed by atoms with Crippen LogP contribution in [-0.4, -0.2) is 32.9 Å². The normalized spacial score (nSPS) is 15.0. The average molecular weight is 342 g/mol. The molecule has 0 fully saturated rings. The lowest BCUT2D eigenvalue weighted by Gasteiger charge is -2.21. The molecule has 0 aromatic heterocycles. The maximum absolute atomic E-state index is 12.9. The van der Waals surface area contributed by atoms with E-state index >= 15 is 0 Å². The predicted octanol–water partition coefficient (Wildman–Crippen LogP) is 4.08. The lowest BCUT2D eigenvalue weighted by Crippen LogP contribution is -2.20. The van der Waals surface area contributed by atoms with E-state index in [-0.39, 0.29) is 12.4 Å². The highest BCUT2D eigenvalue weighted by Gasteiger charge is 2.28. The molecule has 124 valence electrons. The molecule has 2 aromatic carbocycles. The number of Topliss-reactive ketones (excluding diaryl/α,β-unsaturated/α-hetero) is 1. The lowest BCUT2D eigenvalue weighted by molar-refractivity contribution is 0.0997. The summed E-state index contributed by atoms with van der Waals surface area (Å²) in [5, 5.41) is 0. The summed E-state index contributed by atoms with van der Waals surface area (Å²) >= 11 is 1.68. The van der Waals surface area contributed by atoms with Gasteiger partial charge in [0.25, 0.3) is 0 Å². The van der Waals surface area contributed by atoms with Crippen LogP contribution >= 0.6 is 11.8 Å². The third-order valence-corrected chi connectivity index (χ3v) is 4.60. The van der Waals surface area contributed by atoms with Crippen LogP contribution in [0.1, 0.15) is 15.9 Å². The highest BCUT2D eigenvalue weighted by molar-refractivity contribution is 7.98. The molecule has 0 radical (unpaired) electrons. The van der Waals surface area contributed by atoms with E-state index in [0.717, 1.165) is 5.56 Å². The molecule has 5 heteroatoms. The van der Waals surface area contributed by atoms with Gasteiger partial charge in [0, 0.05) is 22.6 Å². The van der Waals surface area contributed by atoms with Crippen LogP contribution < -0.4 is 14.2 Å². The van der Waals surface area contributed by atoms with Crippen LogP contribution in [0.4, 0.5) is 0 Å². The monoisotopic (exact) mass is 342 g/mol. The van der Waals surface area contributed by atoms with Crippen molar-refractivity contribution in [2.45, 2.75) is 4.90 Å². The minimum absolute atomic E-state index is 0.0790. The number of ketones is 1. The summed E-state index contributed by atoms with van der Waals surface area (Å²) in [4.78, 5) is 14.0. The van der Waals surface area contributed by atoms with Crippen LogP contribution in [0, 0.1) is 0 Å². The quantitative estimate of drug-likeness (QED) is 0.619. The maximum atomic E-state index is 12.9. The molecule has 1 aliphatic heterocycles. The smallest absolute Gasteiger partial charge is 0.199 e. The van der Waals surface area contributed by atoms with E-state index in [1.54, 1.807) is 31.0 Å². The molecule has 0 N–H and O–H groups in total. The molecule has 0 saturated heterocycles.